The van der Waals surface area contributed by atoms with Crippen molar-refractivity contribution in [1.29, 1.82) is 0 Å². The summed E-state index contributed by atoms with van der Waals surface area (Å²) in [5.41, 5.74) is 1.76. The van der Waals surface area contributed by atoms with Crippen molar-refractivity contribution < 1.29 is 9.90 Å². The van der Waals surface area contributed by atoms with Crippen molar-refractivity contribution in [1.82, 2.24) is 0 Å². The van der Waals surface area contributed by atoms with Crippen LogP contribution in [0.1, 0.15) is 63.0 Å². The highest BCUT2D eigenvalue weighted by Crippen LogP contribution is 2.49. The van der Waals surface area contributed by atoms with Crippen LogP contribution in [0.3, 0.4) is 0 Å². The lowest BCUT2D eigenvalue weighted by Gasteiger charge is -2.44. The lowest BCUT2D eigenvalue weighted by molar-refractivity contribution is -0.148. The lowest BCUT2D eigenvalue weighted by atomic mass is 9.58. The maximum absolute atomic E-state index is 12.3. The van der Waals surface area contributed by atoms with E-state index in [1.807, 2.05) is 12.1 Å². The van der Waals surface area contributed by atoms with Crippen LogP contribution in [0.15, 0.2) is 24.3 Å². The molecule has 21 heavy (non-hydrogen) atoms. The minimum Gasteiger partial charge on any atom is -0.481 e. The molecule has 1 unspecified atom stereocenters. The lowest BCUT2D eigenvalue weighted by Crippen LogP contribution is -2.47. The van der Waals surface area contributed by atoms with E-state index < -0.39 is 11.4 Å². The molecule has 1 saturated carbocycles. The number of aryl methyl sites for hydroxylation is 1. The number of hydrogen-bond acceptors (Lipinski definition) is 1. The number of rotatable bonds is 3. The number of fused-ring (bicyclic) bond motifs is 1. The van der Waals surface area contributed by atoms with Crippen LogP contribution in [-0.2, 0) is 16.6 Å². The molecule has 114 valence electrons. The molecule has 0 amide bonds. The standard InChI is InChI=1S/C19H26O2/c1-2-14-9-11-16(12-10-14)19(18(20)21)13-5-7-15-6-3-4-8-17(15)19/h3-4,6,8,14,16H,2,5,7,9-13H2,1H3,(H,20,21). The molecule has 0 spiro atoms. The Bertz CT molecular complexity index is 514. The van der Waals surface area contributed by atoms with Crippen molar-refractivity contribution in [2.45, 2.75) is 63.7 Å². The molecule has 1 aromatic carbocycles. The van der Waals surface area contributed by atoms with E-state index in [0.29, 0.717) is 5.92 Å². The second-order valence-corrected chi connectivity index (χ2v) is 6.91. The first-order valence-electron chi connectivity index (χ1n) is 8.50. The summed E-state index contributed by atoms with van der Waals surface area (Å²) in [5.74, 6) is 0.541. The van der Waals surface area contributed by atoms with Gasteiger partial charge >= 0.3 is 5.97 Å². The van der Waals surface area contributed by atoms with Crippen LogP contribution >= 0.6 is 0 Å². The topological polar surface area (TPSA) is 37.3 Å². The Balaban J connectivity index is 1.97. The van der Waals surface area contributed by atoms with Gasteiger partial charge in [0.2, 0.25) is 0 Å². The second kappa shape index (κ2) is 5.82. The fourth-order valence-electron chi connectivity index (χ4n) is 4.75. The highest BCUT2D eigenvalue weighted by Gasteiger charge is 2.49. The molecule has 3 rings (SSSR count). The van der Waals surface area contributed by atoms with Gasteiger partial charge in [-0.2, -0.15) is 0 Å². The molecule has 1 aromatic rings. The quantitative estimate of drug-likeness (QED) is 0.884. The van der Waals surface area contributed by atoms with Crippen LogP contribution in [0.4, 0.5) is 0 Å². The Hall–Kier alpha value is -1.31. The molecular formula is C19H26O2. The van der Waals surface area contributed by atoms with Crippen LogP contribution in [0, 0.1) is 11.8 Å². The van der Waals surface area contributed by atoms with Crippen LogP contribution in [-0.4, -0.2) is 11.1 Å². The van der Waals surface area contributed by atoms with E-state index in [2.05, 4.69) is 19.1 Å². The summed E-state index contributed by atoms with van der Waals surface area (Å²) >= 11 is 0. The van der Waals surface area contributed by atoms with Crippen molar-refractivity contribution in [3.05, 3.63) is 35.4 Å². The molecular weight excluding hydrogens is 260 g/mol. The average molecular weight is 286 g/mol. The molecule has 1 atom stereocenters. The van der Waals surface area contributed by atoms with Gasteiger partial charge in [-0.15, -0.1) is 0 Å². The second-order valence-electron chi connectivity index (χ2n) is 6.91. The van der Waals surface area contributed by atoms with Crippen LogP contribution in [0.5, 0.6) is 0 Å². The molecule has 0 aromatic heterocycles. The van der Waals surface area contributed by atoms with Crippen LogP contribution in [0.2, 0.25) is 0 Å². The molecule has 0 bridgehead atoms. The highest BCUT2D eigenvalue weighted by atomic mass is 16.4. The smallest absolute Gasteiger partial charge is 0.314 e. The van der Waals surface area contributed by atoms with Gasteiger partial charge in [-0.1, -0.05) is 50.5 Å². The monoisotopic (exact) mass is 286 g/mol. The Morgan fingerprint density at radius 2 is 1.95 bits per heavy atom. The largest absolute Gasteiger partial charge is 0.481 e. The third kappa shape index (κ3) is 2.39. The third-order valence-corrected chi connectivity index (χ3v) is 6.02. The van der Waals surface area contributed by atoms with Crippen molar-refractivity contribution >= 4 is 5.97 Å². The van der Waals surface area contributed by atoms with E-state index in [9.17, 15) is 9.90 Å². The molecule has 0 saturated heterocycles. The van der Waals surface area contributed by atoms with E-state index in [1.54, 1.807) is 0 Å². The number of carbonyl (C=O) groups is 1. The summed E-state index contributed by atoms with van der Waals surface area (Å²) in [5, 5.41) is 10.1. The fraction of sp³-hybridized carbons (Fsp3) is 0.632. The van der Waals surface area contributed by atoms with Gasteiger partial charge in [-0.05, 0) is 55.1 Å². The number of carboxylic acid groups (broad SMARTS) is 1. The van der Waals surface area contributed by atoms with Crippen molar-refractivity contribution in [2.24, 2.45) is 11.8 Å². The van der Waals surface area contributed by atoms with E-state index in [4.69, 9.17) is 0 Å². The number of aliphatic carboxylic acids is 1. The zero-order valence-corrected chi connectivity index (χ0v) is 13.0. The van der Waals surface area contributed by atoms with Crippen LogP contribution in [0.25, 0.3) is 0 Å². The predicted molar refractivity (Wildman–Crippen MR) is 84.4 cm³/mol. The molecule has 2 heteroatoms. The normalized spacial score (nSPS) is 32.4. The Morgan fingerprint density at radius 1 is 1.24 bits per heavy atom. The summed E-state index contributed by atoms with van der Waals surface area (Å²) in [4.78, 5) is 12.3. The Labute approximate surface area is 127 Å². The van der Waals surface area contributed by atoms with E-state index in [0.717, 1.165) is 43.6 Å². The number of carboxylic acids is 1. The average Bonchev–Trinajstić information content (AvgIpc) is 2.54. The molecule has 0 radical (unpaired) electrons. The molecule has 1 fully saturated rings. The zero-order chi connectivity index (χ0) is 14.9. The molecule has 0 aliphatic heterocycles. The number of benzene rings is 1. The highest BCUT2D eigenvalue weighted by molar-refractivity contribution is 5.83. The summed E-state index contributed by atoms with van der Waals surface area (Å²) in [6.07, 6.45) is 8.69. The summed E-state index contributed by atoms with van der Waals surface area (Å²) < 4.78 is 0. The van der Waals surface area contributed by atoms with Crippen LogP contribution < -0.4 is 0 Å². The van der Waals surface area contributed by atoms with Gasteiger partial charge in [-0.3, -0.25) is 4.79 Å². The van der Waals surface area contributed by atoms with Crippen molar-refractivity contribution in [3.63, 3.8) is 0 Å². The Morgan fingerprint density at radius 3 is 2.62 bits per heavy atom. The van der Waals surface area contributed by atoms with E-state index in [-0.39, 0.29) is 0 Å². The third-order valence-electron chi connectivity index (χ3n) is 6.02. The molecule has 1 N–H and O–H groups in total. The zero-order valence-electron chi connectivity index (χ0n) is 13.0. The van der Waals surface area contributed by atoms with Gasteiger partial charge in [0.25, 0.3) is 0 Å². The molecule has 2 aliphatic carbocycles. The van der Waals surface area contributed by atoms with Gasteiger partial charge in [0.15, 0.2) is 0 Å². The minimum absolute atomic E-state index is 0.319. The molecule has 2 nitrogen and oxygen atoms in total. The summed E-state index contributed by atoms with van der Waals surface area (Å²) in [6, 6.07) is 8.27. The summed E-state index contributed by atoms with van der Waals surface area (Å²) in [7, 11) is 0. The fourth-order valence-corrected chi connectivity index (χ4v) is 4.75. The maximum Gasteiger partial charge on any atom is 0.314 e. The first-order chi connectivity index (χ1) is 10.2. The maximum atomic E-state index is 12.3. The van der Waals surface area contributed by atoms with Gasteiger partial charge < -0.3 is 5.11 Å². The van der Waals surface area contributed by atoms with Gasteiger partial charge in [-0.25, -0.2) is 0 Å². The first kappa shape index (κ1) is 14.6. The minimum atomic E-state index is -0.618. The molecule has 2 aliphatic rings. The number of hydrogen-bond donors (Lipinski definition) is 1. The van der Waals surface area contributed by atoms with E-state index in [1.165, 1.54) is 24.8 Å². The van der Waals surface area contributed by atoms with Gasteiger partial charge in [0.1, 0.15) is 0 Å². The van der Waals surface area contributed by atoms with Crippen molar-refractivity contribution in [2.75, 3.05) is 0 Å². The summed E-state index contributed by atoms with van der Waals surface area (Å²) in [6.45, 7) is 2.26. The predicted octanol–water partition coefficient (Wildman–Crippen LogP) is 4.56. The first-order valence-corrected chi connectivity index (χ1v) is 8.50. The van der Waals surface area contributed by atoms with Gasteiger partial charge in [0.05, 0.1) is 5.41 Å². The van der Waals surface area contributed by atoms with E-state index >= 15 is 0 Å². The Kier molecular flexibility index (Phi) is 4.05. The molecule has 0 heterocycles. The van der Waals surface area contributed by atoms with Crippen molar-refractivity contribution in [3.8, 4) is 0 Å². The van der Waals surface area contributed by atoms with Gasteiger partial charge in [0, 0.05) is 0 Å². The SMILES string of the molecule is CCC1CCC(C2(C(=O)O)CCCc3ccccc32)CC1.